The fourth-order valence-electron chi connectivity index (χ4n) is 5.57. The van der Waals surface area contributed by atoms with E-state index in [4.69, 9.17) is 9.84 Å². The maximum Gasteiger partial charge on any atom is 0.306 e. The number of hydrogen-bond acceptors (Lipinski definition) is 3. The van der Waals surface area contributed by atoms with Crippen molar-refractivity contribution in [3.05, 3.63) is 12.2 Å². The van der Waals surface area contributed by atoms with Crippen molar-refractivity contribution in [1.82, 2.24) is 0 Å². The van der Waals surface area contributed by atoms with E-state index < -0.39 is 5.97 Å². The van der Waals surface area contributed by atoms with Crippen LogP contribution >= 0.6 is 0 Å². The van der Waals surface area contributed by atoms with Gasteiger partial charge in [-0.2, -0.15) is 0 Å². The van der Waals surface area contributed by atoms with Crippen LogP contribution in [0.2, 0.25) is 0 Å². The molecule has 0 amide bonds. The quantitative estimate of drug-likeness (QED) is 0.0478. The third-order valence-electron chi connectivity index (χ3n) is 8.22. The molecule has 1 atom stereocenters. The highest BCUT2D eigenvalue weighted by molar-refractivity contribution is 5.69. The van der Waals surface area contributed by atoms with Gasteiger partial charge < -0.3 is 9.84 Å². The summed E-state index contributed by atoms with van der Waals surface area (Å²) in [5.41, 5.74) is 0. The van der Waals surface area contributed by atoms with Gasteiger partial charge in [-0.15, -0.1) is 0 Å². The zero-order valence-electron chi connectivity index (χ0n) is 27.6. The maximum atomic E-state index is 12.4. The van der Waals surface area contributed by atoms with Crippen molar-refractivity contribution in [2.24, 2.45) is 0 Å². The van der Waals surface area contributed by atoms with Gasteiger partial charge in [0.2, 0.25) is 0 Å². The van der Waals surface area contributed by atoms with Gasteiger partial charge in [0, 0.05) is 12.8 Å². The van der Waals surface area contributed by atoms with E-state index in [1.807, 2.05) is 0 Å². The van der Waals surface area contributed by atoms with Crippen molar-refractivity contribution in [3.63, 3.8) is 0 Å². The predicted molar refractivity (Wildman–Crippen MR) is 177 cm³/mol. The molecule has 0 radical (unpaired) electrons. The first kappa shape index (κ1) is 39.7. The van der Waals surface area contributed by atoms with Crippen LogP contribution in [-0.2, 0) is 14.3 Å². The van der Waals surface area contributed by atoms with E-state index in [2.05, 4.69) is 26.0 Å². The van der Waals surface area contributed by atoms with Crippen molar-refractivity contribution < 1.29 is 19.4 Å². The molecule has 4 heteroatoms. The average Bonchev–Trinajstić information content (AvgIpc) is 2.95. The lowest BCUT2D eigenvalue weighted by atomic mass is 10.0. The topological polar surface area (TPSA) is 63.6 Å². The van der Waals surface area contributed by atoms with Gasteiger partial charge in [0.15, 0.2) is 0 Å². The maximum absolute atomic E-state index is 12.4. The SMILES string of the molecule is CCCC/C=C\CCCCCCCCC(=O)OC(CCC)CCCCCCCCCCCCCCCCCC(=O)O. The fourth-order valence-corrected chi connectivity index (χ4v) is 5.57. The molecular weight excluding hydrogens is 508 g/mol. The number of rotatable bonds is 33. The molecule has 0 fully saturated rings. The highest BCUT2D eigenvalue weighted by Crippen LogP contribution is 2.17. The molecular formula is C37H70O4. The second kappa shape index (κ2) is 33.2. The second-order valence-electron chi connectivity index (χ2n) is 12.4. The van der Waals surface area contributed by atoms with Gasteiger partial charge in [-0.1, -0.05) is 154 Å². The number of hydrogen-bond donors (Lipinski definition) is 1. The molecule has 242 valence electrons. The number of esters is 1. The van der Waals surface area contributed by atoms with Gasteiger partial charge in [0.25, 0.3) is 0 Å². The molecule has 0 spiro atoms. The number of carbonyl (C=O) groups is 2. The fraction of sp³-hybridized carbons (Fsp3) is 0.892. The Morgan fingerprint density at radius 1 is 0.512 bits per heavy atom. The van der Waals surface area contributed by atoms with Crippen LogP contribution in [-0.4, -0.2) is 23.1 Å². The van der Waals surface area contributed by atoms with E-state index in [-0.39, 0.29) is 12.1 Å². The van der Waals surface area contributed by atoms with Crippen LogP contribution in [0, 0.1) is 0 Å². The molecule has 0 bridgehead atoms. The second-order valence-corrected chi connectivity index (χ2v) is 12.4. The zero-order chi connectivity index (χ0) is 30.1. The zero-order valence-corrected chi connectivity index (χ0v) is 27.6. The monoisotopic (exact) mass is 579 g/mol. The lowest BCUT2D eigenvalue weighted by Crippen LogP contribution is -2.18. The molecule has 0 aromatic heterocycles. The Labute approximate surface area is 255 Å². The summed E-state index contributed by atoms with van der Waals surface area (Å²) >= 11 is 0. The molecule has 0 aliphatic heterocycles. The molecule has 1 N–H and O–H groups in total. The standard InChI is InChI=1S/C37H70O4/c1-3-5-6-7-8-9-10-18-21-24-27-30-34-37(40)41-35(31-4-2)32-28-25-22-19-16-14-12-11-13-15-17-20-23-26-29-33-36(38)39/h7-8,35H,3-6,9-34H2,1-2H3,(H,38,39)/b8-7-. The summed E-state index contributed by atoms with van der Waals surface area (Å²) in [6.45, 7) is 4.43. The first-order valence-corrected chi connectivity index (χ1v) is 18.2. The first-order chi connectivity index (χ1) is 20.1. The van der Waals surface area contributed by atoms with Crippen LogP contribution in [0.5, 0.6) is 0 Å². The van der Waals surface area contributed by atoms with Crippen LogP contribution in [0.4, 0.5) is 0 Å². The number of carboxylic acids is 1. The number of allylic oxidation sites excluding steroid dienone is 2. The lowest BCUT2D eigenvalue weighted by Gasteiger charge is -2.17. The summed E-state index contributed by atoms with van der Waals surface area (Å²) in [6.07, 6.45) is 40.0. The van der Waals surface area contributed by atoms with E-state index in [0.717, 1.165) is 44.9 Å². The van der Waals surface area contributed by atoms with E-state index in [1.165, 1.54) is 135 Å². The average molecular weight is 579 g/mol. The van der Waals surface area contributed by atoms with Gasteiger partial charge in [-0.25, -0.2) is 0 Å². The minimum atomic E-state index is -0.665. The Kier molecular flexibility index (Phi) is 32.1. The highest BCUT2D eigenvalue weighted by Gasteiger charge is 2.13. The first-order valence-electron chi connectivity index (χ1n) is 18.2. The highest BCUT2D eigenvalue weighted by atomic mass is 16.5. The number of ether oxygens (including phenoxy) is 1. The molecule has 0 aliphatic carbocycles. The Hall–Kier alpha value is -1.32. The van der Waals surface area contributed by atoms with Gasteiger partial charge in [-0.05, 0) is 51.4 Å². The van der Waals surface area contributed by atoms with Crippen molar-refractivity contribution in [3.8, 4) is 0 Å². The van der Waals surface area contributed by atoms with E-state index in [9.17, 15) is 9.59 Å². The molecule has 0 aromatic rings. The van der Waals surface area contributed by atoms with Crippen LogP contribution < -0.4 is 0 Å². The third kappa shape index (κ3) is 33.1. The summed E-state index contributed by atoms with van der Waals surface area (Å²) in [5.74, 6) is -0.640. The van der Waals surface area contributed by atoms with Gasteiger partial charge in [-0.3, -0.25) is 9.59 Å². The Balaban J connectivity index is 3.52. The molecule has 0 rings (SSSR count). The van der Waals surface area contributed by atoms with Gasteiger partial charge >= 0.3 is 11.9 Å². The number of carbonyl (C=O) groups excluding carboxylic acids is 1. The number of unbranched alkanes of at least 4 members (excludes halogenated alkanes) is 22. The van der Waals surface area contributed by atoms with Gasteiger partial charge in [0.05, 0.1) is 0 Å². The Morgan fingerprint density at radius 2 is 0.927 bits per heavy atom. The van der Waals surface area contributed by atoms with Crippen molar-refractivity contribution in [2.75, 3.05) is 0 Å². The van der Waals surface area contributed by atoms with E-state index in [1.54, 1.807) is 0 Å². The molecule has 1 unspecified atom stereocenters. The van der Waals surface area contributed by atoms with Crippen molar-refractivity contribution in [1.29, 1.82) is 0 Å². The van der Waals surface area contributed by atoms with E-state index >= 15 is 0 Å². The molecule has 0 heterocycles. The van der Waals surface area contributed by atoms with Crippen LogP contribution in [0.3, 0.4) is 0 Å². The van der Waals surface area contributed by atoms with Crippen LogP contribution in [0.15, 0.2) is 12.2 Å². The molecule has 0 saturated heterocycles. The molecule has 0 saturated carbocycles. The summed E-state index contributed by atoms with van der Waals surface area (Å²) in [5, 5.41) is 8.65. The van der Waals surface area contributed by atoms with Gasteiger partial charge in [0.1, 0.15) is 6.10 Å². The molecule has 4 nitrogen and oxygen atoms in total. The van der Waals surface area contributed by atoms with E-state index in [0.29, 0.717) is 12.8 Å². The van der Waals surface area contributed by atoms with Crippen LogP contribution in [0.25, 0.3) is 0 Å². The van der Waals surface area contributed by atoms with Crippen molar-refractivity contribution in [2.45, 2.75) is 213 Å². The smallest absolute Gasteiger partial charge is 0.306 e. The number of aliphatic carboxylic acids is 1. The normalized spacial score (nSPS) is 12.2. The minimum absolute atomic E-state index is 0.0244. The summed E-state index contributed by atoms with van der Waals surface area (Å²) in [4.78, 5) is 22.8. The molecule has 0 aromatic carbocycles. The lowest BCUT2D eigenvalue weighted by molar-refractivity contribution is -0.150. The number of carboxylic acid groups (broad SMARTS) is 1. The summed E-state index contributed by atoms with van der Waals surface area (Å²) in [7, 11) is 0. The summed E-state index contributed by atoms with van der Waals surface area (Å²) < 4.78 is 5.86. The predicted octanol–water partition coefficient (Wildman–Crippen LogP) is 12.3. The Bertz CT molecular complexity index is 585. The van der Waals surface area contributed by atoms with Crippen molar-refractivity contribution >= 4 is 11.9 Å². The summed E-state index contributed by atoms with van der Waals surface area (Å²) in [6, 6.07) is 0. The van der Waals surface area contributed by atoms with Crippen LogP contribution in [0.1, 0.15) is 206 Å². The third-order valence-corrected chi connectivity index (χ3v) is 8.22. The molecule has 0 aliphatic rings. The Morgan fingerprint density at radius 3 is 1.39 bits per heavy atom. The largest absolute Gasteiger partial charge is 0.481 e. The molecule has 41 heavy (non-hydrogen) atoms. The minimum Gasteiger partial charge on any atom is -0.481 e.